The zero-order valence-corrected chi connectivity index (χ0v) is 14.6. The van der Waals surface area contributed by atoms with E-state index in [1.165, 1.54) is 44.1 Å². The molecule has 0 bridgehead atoms. The molecule has 1 aliphatic heterocycles. The number of likely N-dealkylation sites (tertiary alicyclic amines) is 1. The van der Waals surface area contributed by atoms with Gasteiger partial charge in [-0.25, -0.2) is 0 Å². The number of piperidine rings is 1. The molecule has 4 rings (SSSR count). The maximum absolute atomic E-state index is 12.0. The van der Waals surface area contributed by atoms with Gasteiger partial charge >= 0.3 is 0 Å². The molecule has 0 aromatic rings. The van der Waals surface area contributed by atoms with Crippen LogP contribution in [0.15, 0.2) is 11.1 Å². The van der Waals surface area contributed by atoms with Gasteiger partial charge in [-0.05, 0) is 74.0 Å². The number of carbonyl (C=O) groups excluding carboxylic acids is 1. The fourth-order valence-corrected chi connectivity index (χ4v) is 7.05. The van der Waals surface area contributed by atoms with E-state index in [0.29, 0.717) is 17.4 Å². The summed E-state index contributed by atoms with van der Waals surface area (Å²) < 4.78 is 0. The third kappa shape index (κ3) is 1.95. The average Bonchev–Trinajstić information content (AvgIpc) is 2.87. The van der Waals surface area contributed by atoms with E-state index in [-0.39, 0.29) is 0 Å². The van der Waals surface area contributed by atoms with Crippen LogP contribution in [0.25, 0.3) is 0 Å². The summed E-state index contributed by atoms with van der Waals surface area (Å²) in [6.45, 7) is 2.47. The minimum atomic E-state index is 0.367. The summed E-state index contributed by atoms with van der Waals surface area (Å²) in [5.41, 5.74) is 3.77. The maximum atomic E-state index is 12.0. The van der Waals surface area contributed by atoms with Gasteiger partial charge in [0.25, 0.3) is 0 Å². The van der Waals surface area contributed by atoms with Crippen LogP contribution in [0, 0.1) is 29.1 Å². The number of amides is 1. The van der Waals surface area contributed by atoms with Crippen LogP contribution in [0.5, 0.6) is 0 Å². The molecule has 4 fully saturated rings. The zero-order chi connectivity index (χ0) is 15.5. The van der Waals surface area contributed by atoms with E-state index < -0.39 is 0 Å². The second-order valence-corrected chi connectivity index (χ2v) is 8.63. The maximum Gasteiger partial charge on any atom is 0.222 e. The normalized spacial score (nSPS) is 49.8. The predicted octanol–water partition coefficient (Wildman–Crippen LogP) is 4.58. The molecular weight excluding hydrogens is 294 g/mol. The highest BCUT2D eigenvalue weighted by Gasteiger charge is 2.55. The summed E-state index contributed by atoms with van der Waals surface area (Å²) in [7, 11) is 2.04. The van der Waals surface area contributed by atoms with Crippen molar-refractivity contribution in [3.8, 4) is 0 Å². The Morgan fingerprint density at radius 2 is 1.91 bits per heavy atom. The van der Waals surface area contributed by atoms with Gasteiger partial charge in [0.15, 0.2) is 0 Å². The number of fused-ring (bicyclic) bond motifs is 5. The van der Waals surface area contributed by atoms with E-state index in [1.54, 1.807) is 0 Å². The molecule has 3 aliphatic carbocycles. The molecule has 122 valence electrons. The molecular formula is C19H28ClNO. The summed E-state index contributed by atoms with van der Waals surface area (Å²) in [5, 5.41) is 0. The van der Waals surface area contributed by atoms with E-state index >= 15 is 0 Å². The Hall–Kier alpha value is -0.500. The largest absolute Gasteiger partial charge is 0.342 e. The highest BCUT2D eigenvalue weighted by Crippen LogP contribution is 2.63. The van der Waals surface area contributed by atoms with Crippen molar-refractivity contribution in [1.82, 2.24) is 4.90 Å². The van der Waals surface area contributed by atoms with Crippen molar-refractivity contribution in [3.63, 3.8) is 0 Å². The van der Waals surface area contributed by atoms with Gasteiger partial charge in [-0.2, -0.15) is 0 Å². The highest BCUT2D eigenvalue weighted by atomic mass is 35.5. The first kappa shape index (κ1) is 15.1. The van der Waals surface area contributed by atoms with Crippen molar-refractivity contribution in [2.24, 2.45) is 29.1 Å². The Morgan fingerprint density at radius 3 is 2.68 bits per heavy atom. The van der Waals surface area contributed by atoms with E-state index in [4.69, 9.17) is 11.6 Å². The standard InChI is InChI=1S/C19H28ClNO/c1-19-10-9-13-14(16(19)6-3-12(19)11-20)4-7-17-15(13)5-8-18(22)21(17)2/h11,13-17H,3-10H2,1-2H3/t13-,14+,15+,16-,17+,19+/m0/s1. The number of allylic oxidation sites excluding steroid dienone is 1. The summed E-state index contributed by atoms with van der Waals surface area (Å²) in [6, 6.07) is 0.524. The second-order valence-electron chi connectivity index (χ2n) is 8.42. The number of rotatable bonds is 0. The van der Waals surface area contributed by atoms with E-state index in [9.17, 15) is 4.79 Å². The van der Waals surface area contributed by atoms with Crippen molar-refractivity contribution < 1.29 is 4.79 Å². The fraction of sp³-hybridized carbons (Fsp3) is 0.842. The lowest BCUT2D eigenvalue weighted by atomic mass is 9.52. The first-order chi connectivity index (χ1) is 10.6. The number of hydrogen-bond donors (Lipinski definition) is 0. The van der Waals surface area contributed by atoms with Crippen LogP contribution in [0.2, 0.25) is 0 Å². The first-order valence-electron chi connectivity index (χ1n) is 9.11. The molecule has 0 spiro atoms. The van der Waals surface area contributed by atoms with E-state index in [0.717, 1.165) is 36.5 Å². The molecule has 6 atom stereocenters. The van der Waals surface area contributed by atoms with Gasteiger partial charge in [-0.1, -0.05) is 24.1 Å². The SMILES string of the molecule is CN1C(=O)CC[C@@H]2[C@H]3CC[C@]4(C)C(=CCl)CC[C@H]4[C@@H]3CC[C@H]21. The van der Waals surface area contributed by atoms with E-state index in [1.807, 2.05) is 12.6 Å². The Labute approximate surface area is 139 Å². The van der Waals surface area contributed by atoms with Crippen LogP contribution in [-0.2, 0) is 4.79 Å². The summed E-state index contributed by atoms with van der Waals surface area (Å²) >= 11 is 6.13. The monoisotopic (exact) mass is 321 g/mol. The molecule has 0 aromatic carbocycles. The van der Waals surface area contributed by atoms with Crippen LogP contribution in [0.4, 0.5) is 0 Å². The summed E-state index contributed by atoms with van der Waals surface area (Å²) in [6.07, 6.45) is 9.64. The Kier molecular flexibility index (Phi) is 3.60. The lowest BCUT2D eigenvalue weighted by Crippen LogP contribution is -2.55. The molecule has 0 aromatic heterocycles. The Balaban J connectivity index is 1.60. The number of carbonyl (C=O) groups is 1. The van der Waals surface area contributed by atoms with Gasteiger partial charge in [0.1, 0.15) is 0 Å². The van der Waals surface area contributed by atoms with Gasteiger partial charge < -0.3 is 4.90 Å². The van der Waals surface area contributed by atoms with Crippen LogP contribution in [0.1, 0.15) is 58.3 Å². The van der Waals surface area contributed by atoms with Crippen LogP contribution >= 0.6 is 11.6 Å². The fourth-order valence-electron chi connectivity index (χ4n) is 6.69. The average molecular weight is 322 g/mol. The van der Waals surface area contributed by atoms with Gasteiger partial charge in [-0.3, -0.25) is 4.79 Å². The number of halogens is 1. The minimum Gasteiger partial charge on any atom is -0.342 e. The van der Waals surface area contributed by atoms with Crippen LogP contribution in [0.3, 0.4) is 0 Å². The van der Waals surface area contributed by atoms with Gasteiger partial charge in [0.05, 0.1) is 0 Å². The molecule has 1 saturated heterocycles. The third-order valence-electron chi connectivity index (χ3n) is 7.89. The van der Waals surface area contributed by atoms with Crippen molar-refractivity contribution in [3.05, 3.63) is 11.1 Å². The predicted molar refractivity (Wildman–Crippen MR) is 89.5 cm³/mol. The van der Waals surface area contributed by atoms with Crippen LogP contribution in [-0.4, -0.2) is 23.9 Å². The summed E-state index contributed by atoms with van der Waals surface area (Å²) in [4.78, 5) is 14.1. The van der Waals surface area contributed by atoms with Crippen molar-refractivity contribution in [2.45, 2.75) is 64.3 Å². The Bertz CT molecular complexity index is 516. The zero-order valence-electron chi connectivity index (χ0n) is 13.9. The minimum absolute atomic E-state index is 0.367. The van der Waals surface area contributed by atoms with Gasteiger partial charge in [0, 0.05) is 25.0 Å². The molecule has 0 unspecified atom stereocenters. The lowest BCUT2D eigenvalue weighted by Gasteiger charge is -2.56. The first-order valence-corrected chi connectivity index (χ1v) is 9.55. The topological polar surface area (TPSA) is 20.3 Å². The smallest absolute Gasteiger partial charge is 0.222 e. The quantitative estimate of drug-likeness (QED) is 0.639. The van der Waals surface area contributed by atoms with E-state index in [2.05, 4.69) is 11.8 Å². The Morgan fingerprint density at radius 1 is 1.09 bits per heavy atom. The molecule has 0 radical (unpaired) electrons. The van der Waals surface area contributed by atoms with Crippen molar-refractivity contribution in [1.29, 1.82) is 0 Å². The van der Waals surface area contributed by atoms with Crippen LogP contribution < -0.4 is 0 Å². The van der Waals surface area contributed by atoms with Crippen molar-refractivity contribution in [2.75, 3.05) is 7.05 Å². The van der Waals surface area contributed by atoms with Crippen molar-refractivity contribution >= 4 is 17.5 Å². The molecule has 22 heavy (non-hydrogen) atoms. The number of hydrogen-bond acceptors (Lipinski definition) is 1. The lowest BCUT2D eigenvalue weighted by molar-refractivity contribution is -0.143. The molecule has 4 aliphatic rings. The molecule has 3 heteroatoms. The highest BCUT2D eigenvalue weighted by molar-refractivity contribution is 6.25. The third-order valence-corrected chi connectivity index (χ3v) is 8.16. The molecule has 3 saturated carbocycles. The van der Waals surface area contributed by atoms with Gasteiger partial charge in [0.2, 0.25) is 5.91 Å². The molecule has 0 N–H and O–H groups in total. The molecule has 2 nitrogen and oxygen atoms in total. The molecule has 1 heterocycles. The van der Waals surface area contributed by atoms with Gasteiger partial charge in [-0.15, -0.1) is 0 Å². The number of nitrogens with zero attached hydrogens (tertiary/aromatic N) is 1. The second kappa shape index (κ2) is 5.26. The molecule has 1 amide bonds. The summed E-state index contributed by atoms with van der Waals surface area (Å²) in [5.74, 6) is 3.68.